The summed E-state index contributed by atoms with van der Waals surface area (Å²) in [6.07, 6.45) is 1.14. The Bertz CT molecular complexity index is 259. The van der Waals surface area contributed by atoms with E-state index in [4.69, 9.17) is 5.73 Å². The Labute approximate surface area is 83.7 Å². The van der Waals surface area contributed by atoms with Gasteiger partial charge in [0.2, 0.25) is 0 Å². The lowest BCUT2D eigenvalue weighted by Crippen LogP contribution is -2.31. The summed E-state index contributed by atoms with van der Waals surface area (Å²) in [5, 5.41) is 1.18. The monoisotopic (exact) mass is 199 g/mol. The van der Waals surface area contributed by atoms with E-state index >= 15 is 0 Å². The van der Waals surface area contributed by atoms with Crippen LogP contribution in [-0.2, 0) is 0 Å². The third-order valence-corrected chi connectivity index (χ3v) is 3.10. The van der Waals surface area contributed by atoms with Crippen LogP contribution in [0.5, 0.6) is 0 Å². The molecule has 0 saturated heterocycles. The van der Waals surface area contributed by atoms with Gasteiger partial charge in [-0.25, -0.2) is 0 Å². The second-order valence-electron chi connectivity index (χ2n) is 3.13. The van der Waals surface area contributed by atoms with Gasteiger partial charge in [-0.2, -0.15) is 4.37 Å². The summed E-state index contributed by atoms with van der Waals surface area (Å²) >= 11 is 1.48. The first kappa shape index (κ1) is 10.3. The molecule has 1 aromatic rings. The molecule has 0 aliphatic heterocycles. The minimum absolute atomic E-state index is 0.560. The van der Waals surface area contributed by atoms with Gasteiger partial charge in [-0.3, -0.25) is 0 Å². The highest BCUT2D eigenvalue weighted by molar-refractivity contribution is 7.10. The van der Waals surface area contributed by atoms with Gasteiger partial charge in [0.15, 0.2) is 0 Å². The third-order valence-electron chi connectivity index (χ3n) is 2.26. The molecule has 0 aliphatic rings. The van der Waals surface area contributed by atoms with Crippen LogP contribution in [0.25, 0.3) is 0 Å². The smallest absolute Gasteiger partial charge is 0.139 e. The normalized spacial score (nSPS) is 12.8. The first-order valence-electron chi connectivity index (χ1n) is 4.67. The van der Waals surface area contributed by atoms with E-state index in [0.29, 0.717) is 11.9 Å². The molecular weight excluding hydrogens is 182 g/mol. The molecule has 1 aromatic heterocycles. The Kier molecular flexibility index (Phi) is 3.54. The van der Waals surface area contributed by atoms with Gasteiger partial charge in [-0.15, -0.1) is 0 Å². The molecule has 0 aliphatic carbocycles. The van der Waals surface area contributed by atoms with E-state index in [-0.39, 0.29) is 0 Å². The second-order valence-corrected chi connectivity index (χ2v) is 3.92. The summed E-state index contributed by atoms with van der Waals surface area (Å²) in [6, 6.07) is 2.50. The van der Waals surface area contributed by atoms with E-state index in [0.717, 1.165) is 13.0 Å². The Hall–Kier alpha value is -0.770. The molecule has 1 atom stereocenters. The molecule has 13 heavy (non-hydrogen) atoms. The number of rotatable bonds is 4. The van der Waals surface area contributed by atoms with Crippen LogP contribution < -0.4 is 10.6 Å². The molecule has 3 nitrogen and oxygen atoms in total. The fourth-order valence-electron chi connectivity index (χ4n) is 1.32. The quantitative estimate of drug-likeness (QED) is 0.809. The van der Waals surface area contributed by atoms with Crippen LogP contribution >= 0.6 is 11.5 Å². The average molecular weight is 199 g/mol. The lowest BCUT2D eigenvalue weighted by Gasteiger charge is -2.27. The number of nitrogen functional groups attached to an aromatic ring is 1. The molecule has 1 unspecified atom stereocenters. The highest BCUT2D eigenvalue weighted by Crippen LogP contribution is 2.25. The van der Waals surface area contributed by atoms with Crippen molar-refractivity contribution in [3.05, 3.63) is 6.07 Å². The van der Waals surface area contributed by atoms with Crippen molar-refractivity contribution in [2.24, 2.45) is 0 Å². The van der Waals surface area contributed by atoms with E-state index in [9.17, 15) is 0 Å². The maximum absolute atomic E-state index is 5.59. The minimum atomic E-state index is 0.560. The number of hydrogen-bond donors (Lipinski definition) is 1. The van der Waals surface area contributed by atoms with Gasteiger partial charge >= 0.3 is 0 Å². The number of nitrogens with zero attached hydrogens (tertiary/aromatic N) is 2. The predicted octanol–water partition coefficient (Wildman–Crippen LogP) is 2.35. The summed E-state index contributed by atoms with van der Waals surface area (Å²) in [4.78, 5) is 2.33. The Morgan fingerprint density at radius 1 is 1.62 bits per heavy atom. The fraction of sp³-hybridized carbons (Fsp3) is 0.667. The Balaban J connectivity index is 2.77. The highest BCUT2D eigenvalue weighted by atomic mass is 32.1. The highest BCUT2D eigenvalue weighted by Gasteiger charge is 2.12. The average Bonchev–Trinajstić information content (AvgIpc) is 2.53. The molecule has 0 amide bonds. The van der Waals surface area contributed by atoms with Gasteiger partial charge < -0.3 is 10.6 Å². The van der Waals surface area contributed by atoms with Crippen LogP contribution in [0.1, 0.15) is 27.2 Å². The van der Waals surface area contributed by atoms with Crippen LogP contribution in [0.4, 0.5) is 10.8 Å². The summed E-state index contributed by atoms with van der Waals surface area (Å²) in [5.74, 6) is 0.627. The van der Waals surface area contributed by atoms with Crippen molar-refractivity contribution in [2.45, 2.75) is 33.2 Å². The van der Waals surface area contributed by atoms with Crippen LogP contribution in [0.3, 0.4) is 0 Å². The van der Waals surface area contributed by atoms with Gasteiger partial charge in [0.05, 0.1) is 0 Å². The van der Waals surface area contributed by atoms with Crippen LogP contribution in [0, 0.1) is 0 Å². The van der Waals surface area contributed by atoms with Crippen molar-refractivity contribution in [2.75, 3.05) is 17.2 Å². The molecule has 0 fully saturated rings. The van der Waals surface area contributed by atoms with Crippen molar-refractivity contribution >= 4 is 22.4 Å². The van der Waals surface area contributed by atoms with Crippen molar-refractivity contribution in [3.8, 4) is 0 Å². The van der Waals surface area contributed by atoms with E-state index < -0.39 is 0 Å². The maximum atomic E-state index is 5.59. The molecule has 0 saturated carbocycles. The second kappa shape index (κ2) is 4.46. The molecule has 0 radical (unpaired) electrons. The molecule has 2 N–H and O–H groups in total. The Morgan fingerprint density at radius 2 is 2.31 bits per heavy atom. The predicted molar refractivity (Wildman–Crippen MR) is 59.3 cm³/mol. The van der Waals surface area contributed by atoms with Gasteiger partial charge in [0, 0.05) is 18.7 Å². The number of hydrogen-bond acceptors (Lipinski definition) is 4. The summed E-state index contributed by atoms with van der Waals surface area (Å²) < 4.78 is 4.08. The van der Waals surface area contributed by atoms with Crippen molar-refractivity contribution in [3.63, 3.8) is 0 Å². The number of anilines is 2. The van der Waals surface area contributed by atoms with E-state index in [2.05, 4.69) is 30.0 Å². The fourth-order valence-corrected chi connectivity index (χ4v) is 2.16. The molecule has 0 bridgehead atoms. The van der Waals surface area contributed by atoms with Crippen molar-refractivity contribution in [1.82, 2.24) is 4.37 Å². The summed E-state index contributed by atoms with van der Waals surface area (Å²) in [5.41, 5.74) is 5.59. The summed E-state index contributed by atoms with van der Waals surface area (Å²) in [6.45, 7) is 7.58. The SMILES string of the molecule is CCC(C)N(CC)c1cc(N)ns1. The lowest BCUT2D eigenvalue weighted by atomic mass is 10.2. The first-order valence-corrected chi connectivity index (χ1v) is 5.45. The third kappa shape index (κ3) is 2.34. The lowest BCUT2D eigenvalue weighted by molar-refractivity contribution is 0.634. The van der Waals surface area contributed by atoms with Crippen LogP contribution in [-0.4, -0.2) is 17.0 Å². The molecule has 1 heterocycles. The molecule has 74 valence electrons. The molecule has 4 heteroatoms. The largest absolute Gasteiger partial charge is 0.383 e. The topological polar surface area (TPSA) is 42.1 Å². The molecule has 0 spiro atoms. The zero-order valence-corrected chi connectivity index (χ0v) is 9.27. The van der Waals surface area contributed by atoms with E-state index in [1.165, 1.54) is 16.5 Å². The van der Waals surface area contributed by atoms with Crippen molar-refractivity contribution in [1.29, 1.82) is 0 Å². The van der Waals surface area contributed by atoms with Gasteiger partial charge in [-0.1, -0.05) is 6.92 Å². The number of nitrogens with two attached hydrogens (primary N) is 1. The van der Waals surface area contributed by atoms with Crippen LogP contribution in [0.15, 0.2) is 6.07 Å². The standard InChI is InChI=1S/C9H17N3S/c1-4-7(3)12(5-2)9-6-8(10)11-13-9/h6-7H,4-5H2,1-3H3,(H2,10,11). The zero-order chi connectivity index (χ0) is 9.84. The first-order chi connectivity index (χ1) is 6.19. The van der Waals surface area contributed by atoms with E-state index in [1.54, 1.807) is 0 Å². The molecule has 1 rings (SSSR count). The maximum Gasteiger partial charge on any atom is 0.139 e. The number of aromatic nitrogens is 1. The summed E-state index contributed by atoms with van der Waals surface area (Å²) in [7, 11) is 0. The minimum Gasteiger partial charge on any atom is -0.383 e. The van der Waals surface area contributed by atoms with E-state index in [1.807, 2.05) is 6.07 Å². The van der Waals surface area contributed by atoms with Gasteiger partial charge in [0.1, 0.15) is 10.8 Å². The molecule has 0 aromatic carbocycles. The van der Waals surface area contributed by atoms with Crippen LogP contribution in [0.2, 0.25) is 0 Å². The molecular formula is C9H17N3S. The Morgan fingerprint density at radius 3 is 2.69 bits per heavy atom. The van der Waals surface area contributed by atoms with Gasteiger partial charge in [0.25, 0.3) is 0 Å². The zero-order valence-electron chi connectivity index (χ0n) is 8.45. The van der Waals surface area contributed by atoms with Gasteiger partial charge in [-0.05, 0) is 31.8 Å². The van der Waals surface area contributed by atoms with Crippen molar-refractivity contribution < 1.29 is 0 Å².